The van der Waals surface area contributed by atoms with Crippen LogP contribution in [0.25, 0.3) is 0 Å². The number of carbonyl (C=O) groups is 1. The number of nitrogens with zero attached hydrogens (tertiary/aromatic N) is 3. The van der Waals surface area contributed by atoms with Gasteiger partial charge in [0.25, 0.3) is 0 Å². The van der Waals surface area contributed by atoms with Crippen LogP contribution in [0.4, 0.5) is 11.4 Å². The van der Waals surface area contributed by atoms with E-state index in [1.54, 1.807) is 18.2 Å². The van der Waals surface area contributed by atoms with E-state index in [-0.39, 0.29) is 11.3 Å². The van der Waals surface area contributed by atoms with E-state index in [1.165, 1.54) is 6.07 Å². The number of amidine groups is 1. The SMILES string of the molecule is O=C(O)c1ccccc1N=N/C(=N/Nc1ccccc1)c1ccccc1. The van der Waals surface area contributed by atoms with Crippen molar-refractivity contribution >= 4 is 23.2 Å². The Morgan fingerprint density at radius 3 is 2.12 bits per heavy atom. The van der Waals surface area contributed by atoms with Gasteiger partial charge in [0.15, 0.2) is 0 Å². The predicted molar refractivity (Wildman–Crippen MR) is 101 cm³/mol. The molecule has 128 valence electrons. The minimum absolute atomic E-state index is 0.0830. The van der Waals surface area contributed by atoms with Gasteiger partial charge in [-0.25, -0.2) is 4.79 Å². The van der Waals surface area contributed by atoms with Crippen LogP contribution in [0.2, 0.25) is 0 Å². The van der Waals surface area contributed by atoms with E-state index in [9.17, 15) is 9.90 Å². The number of nitrogens with one attached hydrogen (secondary N) is 1. The zero-order valence-corrected chi connectivity index (χ0v) is 13.8. The number of aromatic carboxylic acids is 1. The highest BCUT2D eigenvalue weighted by Gasteiger charge is 2.09. The van der Waals surface area contributed by atoms with Crippen molar-refractivity contribution in [1.29, 1.82) is 0 Å². The van der Waals surface area contributed by atoms with Crippen molar-refractivity contribution in [3.63, 3.8) is 0 Å². The van der Waals surface area contributed by atoms with Crippen LogP contribution >= 0.6 is 0 Å². The Balaban J connectivity index is 1.93. The molecule has 26 heavy (non-hydrogen) atoms. The van der Waals surface area contributed by atoms with Crippen LogP contribution in [-0.4, -0.2) is 16.9 Å². The van der Waals surface area contributed by atoms with E-state index >= 15 is 0 Å². The molecular formula is C20H16N4O2. The second-order valence-electron chi connectivity index (χ2n) is 5.30. The van der Waals surface area contributed by atoms with Gasteiger partial charge in [-0.15, -0.1) is 10.2 Å². The third-order valence-electron chi connectivity index (χ3n) is 3.48. The Labute approximate surface area is 150 Å². The van der Waals surface area contributed by atoms with Crippen molar-refractivity contribution in [1.82, 2.24) is 0 Å². The molecule has 0 saturated carbocycles. The number of hydrogen-bond acceptors (Lipinski definition) is 4. The molecule has 0 spiro atoms. The quantitative estimate of drug-likeness (QED) is 0.297. The third-order valence-corrected chi connectivity index (χ3v) is 3.48. The number of azo groups is 1. The van der Waals surface area contributed by atoms with Gasteiger partial charge < -0.3 is 5.11 Å². The van der Waals surface area contributed by atoms with Crippen molar-refractivity contribution in [2.45, 2.75) is 0 Å². The van der Waals surface area contributed by atoms with Gasteiger partial charge in [0.2, 0.25) is 5.84 Å². The topological polar surface area (TPSA) is 86.4 Å². The summed E-state index contributed by atoms with van der Waals surface area (Å²) >= 11 is 0. The lowest BCUT2D eigenvalue weighted by Gasteiger charge is -2.04. The Bertz CT molecular complexity index is 938. The molecule has 0 fully saturated rings. The molecule has 0 unspecified atom stereocenters. The molecule has 0 aliphatic heterocycles. The summed E-state index contributed by atoms with van der Waals surface area (Å²) in [5, 5.41) is 21.8. The third kappa shape index (κ3) is 4.39. The summed E-state index contributed by atoms with van der Waals surface area (Å²) in [5.74, 6) is -0.713. The minimum atomic E-state index is -1.06. The molecule has 0 bridgehead atoms. The highest BCUT2D eigenvalue weighted by Crippen LogP contribution is 2.19. The molecular weight excluding hydrogens is 328 g/mol. The minimum Gasteiger partial charge on any atom is -0.478 e. The number of benzene rings is 3. The maximum absolute atomic E-state index is 11.3. The fourth-order valence-corrected chi connectivity index (χ4v) is 2.20. The molecule has 3 aromatic carbocycles. The number of hydrazone groups is 1. The summed E-state index contributed by atoms with van der Waals surface area (Å²) in [7, 11) is 0. The summed E-state index contributed by atoms with van der Waals surface area (Å²) in [5.41, 5.74) is 4.85. The molecule has 0 radical (unpaired) electrons. The van der Waals surface area contributed by atoms with Crippen LogP contribution in [-0.2, 0) is 0 Å². The summed E-state index contributed by atoms with van der Waals surface area (Å²) in [4.78, 5) is 11.3. The van der Waals surface area contributed by atoms with Crippen LogP contribution in [0.3, 0.4) is 0 Å². The second kappa shape index (κ2) is 8.34. The lowest BCUT2D eigenvalue weighted by atomic mass is 10.2. The van der Waals surface area contributed by atoms with Gasteiger partial charge >= 0.3 is 5.97 Å². The average Bonchev–Trinajstić information content (AvgIpc) is 2.69. The lowest BCUT2D eigenvalue weighted by Crippen LogP contribution is -2.01. The smallest absolute Gasteiger partial charge is 0.337 e. The Kier molecular flexibility index (Phi) is 5.47. The Morgan fingerprint density at radius 1 is 0.808 bits per heavy atom. The molecule has 3 aromatic rings. The van der Waals surface area contributed by atoms with E-state index in [4.69, 9.17) is 0 Å². The van der Waals surface area contributed by atoms with Crippen molar-refractivity contribution in [3.8, 4) is 0 Å². The predicted octanol–water partition coefficient (Wildman–Crippen LogP) is 4.94. The van der Waals surface area contributed by atoms with E-state index in [1.807, 2.05) is 60.7 Å². The van der Waals surface area contributed by atoms with E-state index in [2.05, 4.69) is 20.8 Å². The lowest BCUT2D eigenvalue weighted by molar-refractivity contribution is 0.0697. The molecule has 0 aliphatic carbocycles. The van der Waals surface area contributed by atoms with Gasteiger partial charge in [-0.05, 0) is 24.3 Å². The van der Waals surface area contributed by atoms with E-state index < -0.39 is 5.97 Å². The first kappa shape index (κ1) is 17.0. The number of anilines is 1. The average molecular weight is 344 g/mol. The molecule has 6 nitrogen and oxygen atoms in total. The monoisotopic (exact) mass is 344 g/mol. The van der Waals surface area contributed by atoms with Gasteiger partial charge in [-0.3, -0.25) is 5.43 Å². The maximum atomic E-state index is 11.3. The largest absolute Gasteiger partial charge is 0.478 e. The number of carboxylic acid groups (broad SMARTS) is 1. The van der Waals surface area contributed by atoms with E-state index in [0.29, 0.717) is 5.84 Å². The number of carboxylic acids is 1. The second-order valence-corrected chi connectivity index (χ2v) is 5.30. The summed E-state index contributed by atoms with van der Waals surface area (Å²) in [6.45, 7) is 0. The van der Waals surface area contributed by atoms with Crippen LogP contribution in [0.5, 0.6) is 0 Å². The molecule has 2 N–H and O–H groups in total. The first-order valence-corrected chi connectivity index (χ1v) is 7.92. The summed E-state index contributed by atoms with van der Waals surface area (Å²) in [6.07, 6.45) is 0. The first-order chi connectivity index (χ1) is 12.7. The fourth-order valence-electron chi connectivity index (χ4n) is 2.20. The maximum Gasteiger partial charge on any atom is 0.337 e. The van der Waals surface area contributed by atoms with Crippen molar-refractivity contribution in [2.75, 3.05) is 5.43 Å². The van der Waals surface area contributed by atoms with Crippen LogP contribution in [0, 0.1) is 0 Å². The van der Waals surface area contributed by atoms with Gasteiger partial charge in [0.05, 0.1) is 11.3 Å². The van der Waals surface area contributed by atoms with Crippen LogP contribution in [0.15, 0.2) is 100 Å². The standard InChI is InChI=1S/C20H16N4O2/c25-20(26)17-13-7-8-14-18(17)22-24-19(15-9-3-1-4-10-15)23-21-16-11-5-2-6-12-16/h1-14,21H,(H,25,26)/b23-19+,24-22?. The normalized spacial score (nSPS) is 11.5. The van der Waals surface area contributed by atoms with Crippen LogP contribution < -0.4 is 5.43 Å². The number of para-hydroxylation sites is 1. The summed E-state index contributed by atoms with van der Waals surface area (Å²) in [6, 6.07) is 25.2. The molecule has 6 heteroatoms. The van der Waals surface area contributed by atoms with Gasteiger partial charge in [-0.2, -0.15) is 5.10 Å². The summed E-state index contributed by atoms with van der Waals surface area (Å²) < 4.78 is 0. The Morgan fingerprint density at radius 2 is 1.42 bits per heavy atom. The highest BCUT2D eigenvalue weighted by atomic mass is 16.4. The number of rotatable bonds is 5. The zero-order valence-electron chi connectivity index (χ0n) is 13.8. The van der Waals surface area contributed by atoms with E-state index in [0.717, 1.165) is 11.3 Å². The van der Waals surface area contributed by atoms with Gasteiger partial charge in [0.1, 0.15) is 5.69 Å². The molecule has 0 aliphatic rings. The molecule has 0 amide bonds. The zero-order chi connectivity index (χ0) is 18.2. The highest BCUT2D eigenvalue weighted by molar-refractivity contribution is 6.00. The van der Waals surface area contributed by atoms with Crippen LogP contribution in [0.1, 0.15) is 15.9 Å². The molecule has 0 saturated heterocycles. The van der Waals surface area contributed by atoms with Crippen molar-refractivity contribution < 1.29 is 9.90 Å². The molecule has 3 rings (SSSR count). The van der Waals surface area contributed by atoms with Crippen molar-refractivity contribution in [3.05, 3.63) is 96.1 Å². The van der Waals surface area contributed by atoms with Gasteiger partial charge in [-0.1, -0.05) is 60.7 Å². The molecule has 0 aromatic heterocycles. The fraction of sp³-hybridized carbons (Fsp3) is 0. The first-order valence-electron chi connectivity index (χ1n) is 7.92. The van der Waals surface area contributed by atoms with Crippen molar-refractivity contribution in [2.24, 2.45) is 15.3 Å². The Hall–Kier alpha value is -3.80. The molecule has 0 atom stereocenters. The van der Waals surface area contributed by atoms with Gasteiger partial charge in [0, 0.05) is 5.56 Å². The molecule has 0 heterocycles. The number of hydrogen-bond donors (Lipinski definition) is 2.